The summed E-state index contributed by atoms with van der Waals surface area (Å²) < 4.78 is 23.7. The first-order valence-corrected chi connectivity index (χ1v) is 8.20. The molecular weight excluding hydrogens is 343 g/mol. The molecule has 1 aromatic heterocycles. The molecule has 7 nitrogen and oxygen atoms in total. The van der Waals surface area contributed by atoms with Gasteiger partial charge < -0.3 is 19.7 Å². The summed E-state index contributed by atoms with van der Waals surface area (Å²) in [5.74, 6) is -2.17. The van der Waals surface area contributed by atoms with Crippen LogP contribution >= 0.6 is 0 Å². The minimum absolute atomic E-state index is 0.000264. The van der Waals surface area contributed by atoms with E-state index in [-0.39, 0.29) is 36.3 Å². The zero-order valence-corrected chi connectivity index (χ0v) is 14.6. The van der Waals surface area contributed by atoms with Crippen LogP contribution in [0.3, 0.4) is 0 Å². The number of carboxylic acid groups (broad SMARTS) is 1. The van der Waals surface area contributed by atoms with Gasteiger partial charge in [0.05, 0.1) is 5.92 Å². The highest BCUT2D eigenvalue weighted by Gasteiger charge is 2.21. The van der Waals surface area contributed by atoms with Crippen LogP contribution in [0.2, 0.25) is 0 Å². The molecule has 1 aromatic carbocycles. The van der Waals surface area contributed by atoms with Crippen molar-refractivity contribution in [3.63, 3.8) is 0 Å². The standard InChI is InChI=1S/C18H21FN2O5/c1-11(2)7-12(18(23)24)9-20-17(22)15-8-13(26-21-15)10-25-16-6-4-3-5-14(16)19/h3-6,8,11-12H,7,9-10H2,1-2H3,(H,20,22)(H,23,24). The molecule has 26 heavy (non-hydrogen) atoms. The molecule has 0 aliphatic carbocycles. The van der Waals surface area contributed by atoms with Gasteiger partial charge in [-0.3, -0.25) is 9.59 Å². The van der Waals surface area contributed by atoms with E-state index >= 15 is 0 Å². The van der Waals surface area contributed by atoms with Gasteiger partial charge in [-0.2, -0.15) is 0 Å². The Morgan fingerprint density at radius 2 is 2.08 bits per heavy atom. The first kappa shape index (κ1) is 19.4. The molecule has 2 N–H and O–H groups in total. The summed E-state index contributed by atoms with van der Waals surface area (Å²) in [5, 5.41) is 15.3. The number of carboxylic acids is 1. The molecule has 1 amide bonds. The third kappa shape index (κ3) is 5.58. The van der Waals surface area contributed by atoms with Gasteiger partial charge in [0.2, 0.25) is 0 Å². The number of halogens is 1. The van der Waals surface area contributed by atoms with Gasteiger partial charge in [-0.25, -0.2) is 4.39 Å². The van der Waals surface area contributed by atoms with E-state index in [0.29, 0.717) is 6.42 Å². The van der Waals surface area contributed by atoms with Gasteiger partial charge in [-0.05, 0) is 24.5 Å². The summed E-state index contributed by atoms with van der Waals surface area (Å²) in [6, 6.07) is 7.29. The second-order valence-corrected chi connectivity index (χ2v) is 6.27. The summed E-state index contributed by atoms with van der Waals surface area (Å²) in [4.78, 5) is 23.3. The lowest BCUT2D eigenvalue weighted by Gasteiger charge is -2.14. The van der Waals surface area contributed by atoms with Crippen molar-refractivity contribution in [2.45, 2.75) is 26.9 Å². The van der Waals surface area contributed by atoms with E-state index < -0.39 is 23.6 Å². The number of hydrogen-bond acceptors (Lipinski definition) is 5. The van der Waals surface area contributed by atoms with Crippen molar-refractivity contribution in [1.29, 1.82) is 0 Å². The summed E-state index contributed by atoms with van der Waals surface area (Å²) in [7, 11) is 0. The molecule has 1 unspecified atom stereocenters. The second kappa shape index (κ2) is 8.98. The molecule has 2 rings (SSSR count). The van der Waals surface area contributed by atoms with E-state index in [0.717, 1.165) is 0 Å². The maximum Gasteiger partial charge on any atom is 0.308 e. The Bertz CT molecular complexity index is 760. The number of carbonyl (C=O) groups excluding carboxylic acids is 1. The van der Waals surface area contributed by atoms with E-state index in [1.54, 1.807) is 12.1 Å². The lowest BCUT2D eigenvalue weighted by molar-refractivity contribution is -0.142. The van der Waals surface area contributed by atoms with Crippen molar-refractivity contribution in [3.8, 4) is 5.75 Å². The Morgan fingerprint density at radius 3 is 2.73 bits per heavy atom. The molecular formula is C18H21FN2O5. The molecule has 1 atom stereocenters. The minimum Gasteiger partial charge on any atom is -0.482 e. The van der Waals surface area contributed by atoms with Crippen LogP contribution in [0.1, 0.15) is 36.5 Å². The van der Waals surface area contributed by atoms with Crippen molar-refractivity contribution < 1.29 is 28.3 Å². The molecule has 0 aliphatic rings. The largest absolute Gasteiger partial charge is 0.482 e. The number of amides is 1. The molecule has 2 aromatic rings. The van der Waals surface area contributed by atoms with Crippen LogP contribution in [0.15, 0.2) is 34.9 Å². The Labute approximate surface area is 150 Å². The van der Waals surface area contributed by atoms with Crippen LogP contribution in [-0.2, 0) is 11.4 Å². The van der Waals surface area contributed by atoms with Crippen molar-refractivity contribution in [3.05, 3.63) is 47.6 Å². The van der Waals surface area contributed by atoms with Crippen LogP contribution in [0.5, 0.6) is 5.75 Å². The lowest BCUT2D eigenvalue weighted by Crippen LogP contribution is -2.33. The molecule has 0 fully saturated rings. The quantitative estimate of drug-likeness (QED) is 0.709. The van der Waals surface area contributed by atoms with Crippen molar-refractivity contribution in [2.75, 3.05) is 6.54 Å². The van der Waals surface area contributed by atoms with Gasteiger partial charge in [0.25, 0.3) is 5.91 Å². The molecule has 140 valence electrons. The SMILES string of the molecule is CC(C)CC(CNC(=O)c1cc(COc2ccccc2F)on1)C(=O)O. The number of aromatic nitrogens is 1. The van der Waals surface area contributed by atoms with Crippen molar-refractivity contribution in [1.82, 2.24) is 10.5 Å². The fourth-order valence-electron chi connectivity index (χ4n) is 2.35. The number of benzene rings is 1. The number of nitrogens with zero attached hydrogens (tertiary/aromatic N) is 1. The average Bonchev–Trinajstić information content (AvgIpc) is 3.06. The topological polar surface area (TPSA) is 102 Å². The summed E-state index contributed by atoms with van der Waals surface area (Å²) in [6.45, 7) is 3.74. The predicted octanol–water partition coefficient (Wildman–Crippen LogP) is 2.87. The highest BCUT2D eigenvalue weighted by Crippen LogP contribution is 2.17. The fraction of sp³-hybridized carbons (Fsp3) is 0.389. The van der Waals surface area contributed by atoms with Gasteiger partial charge in [0, 0.05) is 12.6 Å². The Kier molecular flexibility index (Phi) is 6.71. The normalized spacial score (nSPS) is 12.0. The van der Waals surface area contributed by atoms with Crippen molar-refractivity contribution in [2.24, 2.45) is 11.8 Å². The van der Waals surface area contributed by atoms with E-state index in [1.165, 1.54) is 18.2 Å². The Hall–Kier alpha value is -2.90. The van der Waals surface area contributed by atoms with Crippen LogP contribution in [0.25, 0.3) is 0 Å². The summed E-state index contributed by atoms with van der Waals surface area (Å²) in [6.07, 6.45) is 0.455. The molecule has 8 heteroatoms. The third-order valence-electron chi connectivity index (χ3n) is 3.61. The summed E-state index contributed by atoms with van der Waals surface area (Å²) in [5.41, 5.74) is 0.00539. The zero-order chi connectivity index (χ0) is 19.1. The number of rotatable bonds is 9. The lowest BCUT2D eigenvalue weighted by atomic mass is 9.97. The smallest absolute Gasteiger partial charge is 0.308 e. The molecule has 0 radical (unpaired) electrons. The van der Waals surface area contributed by atoms with E-state index in [1.807, 2.05) is 13.8 Å². The van der Waals surface area contributed by atoms with Crippen LogP contribution in [-0.4, -0.2) is 28.7 Å². The predicted molar refractivity (Wildman–Crippen MR) is 90.1 cm³/mol. The number of carbonyl (C=O) groups is 2. The molecule has 0 bridgehead atoms. The van der Waals surface area contributed by atoms with Crippen LogP contribution < -0.4 is 10.1 Å². The second-order valence-electron chi connectivity index (χ2n) is 6.27. The minimum atomic E-state index is -0.960. The number of aliphatic carboxylic acids is 1. The van der Waals surface area contributed by atoms with E-state index in [9.17, 15) is 19.1 Å². The number of para-hydroxylation sites is 1. The molecule has 0 spiro atoms. The van der Waals surface area contributed by atoms with E-state index in [2.05, 4.69) is 10.5 Å². The molecule has 0 aliphatic heterocycles. The third-order valence-corrected chi connectivity index (χ3v) is 3.61. The van der Waals surface area contributed by atoms with Gasteiger partial charge in [-0.15, -0.1) is 0 Å². The average molecular weight is 364 g/mol. The first-order valence-electron chi connectivity index (χ1n) is 8.20. The highest BCUT2D eigenvalue weighted by atomic mass is 19.1. The van der Waals surface area contributed by atoms with Gasteiger partial charge in [0.15, 0.2) is 23.0 Å². The Balaban J connectivity index is 1.89. The van der Waals surface area contributed by atoms with Gasteiger partial charge >= 0.3 is 5.97 Å². The maximum atomic E-state index is 13.5. The van der Waals surface area contributed by atoms with Crippen molar-refractivity contribution >= 4 is 11.9 Å². The number of hydrogen-bond donors (Lipinski definition) is 2. The zero-order valence-electron chi connectivity index (χ0n) is 14.6. The molecule has 0 saturated heterocycles. The monoisotopic (exact) mass is 364 g/mol. The summed E-state index contributed by atoms with van der Waals surface area (Å²) >= 11 is 0. The van der Waals surface area contributed by atoms with Gasteiger partial charge in [0.1, 0.15) is 6.61 Å². The Morgan fingerprint density at radius 1 is 1.35 bits per heavy atom. The van der Waals surface area contributed by atoms with E-state index in [4.69, 9.17) is 9.26 Å². The number of ether oxygens (including phenoxy) is 1. The first-order chi connectivity index (χ1) is 12.4. The number of nitrogens with one attached hydrogen (secondary N) is 1. The highest BCUT2D eigenvalue weighted by molar-refractivity contribution is 5.92. The molecule has 1 heterocycles. The maximum absolute atomic E-state index is 13.5. The van der Waals surface area contributed by atoms with Crippen LogP contribution in [0.4, 0.5) is 4.39 Å². The van der Waals surface area contributed by atoms with Crippen LogP contribution in [0, 0.1) is 17.7 Å². The van der Waals surface area contributed by atoms with Gasteiger partial charge in [-0.1, -0.05) is 31.1 Å². The molecule has 0 saturated carbocycles. The fourth-order valence-corrected chi connectivity index (χ4v) is 2.35.